The highest BCUT2D eigenvalue weighted by Crippen LogP contribution is 2.48. The predicted octanol–water partition coefficient (Wildman–Crippen LogP) is 5.89. The largest absolute Gasteiger partial charge is 0.367 e. The molecular formula is C29H33N5O. The molecule has 0 saturated heterocycles. The monoisotopic (exact) mass is 467 g/mol. The van der Waals surface area contributed by atoms with Gasteiger partial charge in [-0.1, -0.05) is 82.3 Å². The van der Waals surface area contributed by atoms with Crippen molar-refractivity contribution in [2.75, 3.05) is 11.9 Å². The van der Waals surface area contributed by atoms with Gasteiger partial charge < -0.3 is 10.2 Å². The van der Waals surface area contributed by atoms with Gasteiger partial charge in [-0.3, -0.25) is 9.20 Å². The summed E-state index contributed by atoms with van der Waals surface area (Å²) in [6.07, 6.45) is 6.02. The molecule has 6 heteroatoms. The minimum Gasteiger partial charge on any atom is -0.367 e. The van der Waals surface area contributed by atoms with Crippen LogP contribution in [0.15, 0.2) is 67.0 Å². The van der Waals surface area contributed by atoms with E-state index in [4.69, 9.17) is 9.97 Å². The fourth-order valence-corrected chi connectivity index (χ4v) is 4.59. The fraction of sp³-hybridized carbons (Fsp3) is 0.345. The van der Waals surface area contributed by atoms with E-state index in [0.717, 1.165) is 58.9 Å². The summed E-state index contributed by atoms with van der Waals surface area (Å²) in [5, 5.41) is 3.49. The summed E-state index contributed by atoms with van der Waals surface area (Å²) in [6, 6.07) is 19.0. The summed E-state index contributed by atoms with van der Waals surface area (Å²) in [7, 11) is 0. The highest BCUT2D eigenvalue weighted by molar-refractivity contribution is 5.74. The average Bonchev–Trinajstić information content (AvgIpc) is 3.29. The van der Waals surface area contributed by atoms with Crippen LogP contribution in [0.3, 0.4) is 0 Å². The Hall–Kier alpha value is -3.67. The number of anilines is 1. The maximum absolute atomic E-state index is 11.7. The summed E-state index contributed by atoms with van der Waals surface area (Å²) in [5.41, 5.74) is 6.21. The lowest BCUT2D eigenvalue weighted by Gasteiger charge is -2.19. The number of fused-ring (bicyclic) bond motifs is 1. The molecule has 0 bridgehead atoms. The summed E-state index contributed by atoms with van der Waals surface area (Å²) >= 11 is 0. The summed E-state index contributed by atoms with van der Waals surface area (Å²) in [6.45, 7) is 10.2. The number of hydrogen-bond acceptors (Lipinski definition) is 4. The quantitative estimate of drug-likeness (QED) is 0.312. The second-order valence-corrected chi connectivity index (χ2v) is 10.6. The number of imidazole rings is 1. The van der Waals surface area contributed by atoms with E-state index in [2.05, 4.69) is 80.0 Å². The molecule has 1 aliphatic carbocycles. The Morgan fingerprint density at radius 1 is 1.11 bits per heavy atom. The van der Waals surface area contributed by atoms with Crippen molar-refractivity contribution in [3.05, 3.63) is 72.6 Å². The van der Waals surface area contributed by atoms with E-state index < -0.39 is 0 Å². The number of rotatable bonds is 9. The Labute approximate surface area is 207 Å². The van der Waals surface area contributed by atoms with E-state index in [9.17, 15) is 4.79 Å². The smallest absolute Gasteiger partial charge is 0.210 e. The molecule has 0 aliphatic heterocycles. The van der Waals surface area contributed by atoms with Crippen LogP contribution in [-0.2, 0) is 11.3 Å². The van der Waals surface area contributed by atoms with Crippen LogP contribution in [0.5, 0.6) is 0 Å². The summed E-state index contributed by atoms with van der Waals surface area (Å²) < 4.78 is 2.12. The number of aromatic nitrogens is 3. The molecular weight excluding hydrogens is 434 g/mol. The van der Waals surface area contributed by atoms with Crippen LogP contribution in [0, 0.1) is 11.3 Å². The molecule has 5 rings (SSSR count). The first-order valence-corrected chi connectivity index (χ1v) is 12.3. The zero-order chi connectivity index (χ0) is 24.6. The molecule has 6 nitrogen and oxygen atoms in total. The summed E-state index contributed by atoms with van der Waals surface area (Å²) in [4.78, 5) is 23.2. The lowest BCUT2D eigenvalue weighted by atomic mass is 10.1. The van der Waals surface area contributed by atoms with Crippen LogP contribution in [0.1, 0.15) is 39.7 Å². The Bertz CT molecular complexity index is 1320. The Morgan fingerprint density at radius 3 is 2.46 bits per heavy atom. The maximum atomic E-state index is 11.7. The second-order valence-electron chi connectivity index (χ2n) is 10.6. The molecule has 2 aromatic carbocycles. The Morgan fingerprint density at radius 2 is 1.83 bits per heavy atom. The third kappa shape index (κ3) is 4.78. The van der Waals surface area contributed by atoms with Crippen LogP contribution >= 0.6 is 0 Å². The van der Waals surface area contributed by atoms with Crippen LogP contribution in [-0.4, -0.2) is 38.3 Å². The van der Waals surface area contributed by atoms with E-state index in [-0.39, 0.29) is 5.41 Å². The van der Waals surface area contributed by atoms with Crippen LogP contribution in [0.4, 0.5) is 5.82 Å². The first kappa shape index (κ1) is 23.1. The van der Waals surface area contributed by atoms with Gasteiger partial charge in [0.25, 0.3) is 0 Å². The SMILES string of the molecule is CC(C)CNc1nc(-c2ccccc2)cn2c(-c3ccc(CN(C=O)C4CC4(C)C)cc3)cnc12. The van der Waals surface area contributed by atoms with E-state index in [1.54, 1.807) is 0 Å². The standard InChI is InChI=1S/C29H33N5O/c1-20(2)15-30-27-28-31-16-25(34(28)18-24(32-27)22-8-6-5-7-9-22)23-12-10-21(11-13-23)17-33(19-35)26-14-29(26,3)4/h5-13,16,18-20,26H,14-15,17H2,1-4H3,(H,30,32). The highest BCUT2D eigenvalue weighted by Gasteiger charge is 2.49. The molecule has 1 fully saturated rings. The first-order chi connectivity index (χ1) is 16.9. The molecule has 0 spiro atoms. The van der Waals surface area contributed by atoms with E-state index >= 15 is 0 Å². The van der Waals surface area contributed by atoms with Gasteiger partial charge in [-0.25, -0.2) is 9.97 Å². The molecule has 1 unspecified atom stereocenters. The molecule has 4 aromatic rings. The molecule has 1 aliphatic rings. The maximum Gasteiger partial charge on any atom is 0.210 e. The van der Waals surface area contributed by atoms with Gasteiger partial charge >= 0.3 is 0 Å². The van der Waals surface area contributed by atoms with E-state index in [1.165, 1.54) is 0 Å². The number of hydrogen-bond donors (Lipinski definition) is 1. The minimum atomic E-state index is 0.225. The lowest BCUT2D eigenvalue weighted by molar-refractivity contribution is -0.119. The van der Waals surface area contributed by atoms with Crippen LogP contribution in [0.25, 0.3) is 28.2 Å². The van der Waals surface area contributed by atoms with Crippen molar-refractivity contribution < 1.29 is 4.79 Å². The number of carbonyl (C=O) groups is 1. The molecule has 1 saturated carbocycles. The van der Waals surface area contributed by atoms with E-state index in [1.807, 2.05) is 29.3 Å². The topological polar surface area (TPSA) is 62.5 Å². The number of benzene rings is 2. The molecule has 1 atom stereocenters. The van der Waals surface area contributed by atoms with Gasteiger partial charge in [0.1, 0.15) is 0 Å². The highest BCUT2D eigenvalue weighted by atomic mass is 16.1. The minimum absolute atomic E-state index is 0.225. The van der Waals surface area contributed by atoms with Crippen LogP contribution < -0.4 is 5.32 Å². The Kier molecular flexibility index (Phi) is 6.05. The molecule has 2 aromatic heterocycles. The number of amides is 1. The van der Waals surface area contributed by atoms with Gasteiger partial charge in [-0.15, -0.1) is 0 Å². The first-order valence-electron chi connectivity index (χ1n) is 12.3. The molecule has 180 valence electrons. The second kappa shape index (κ2) is 9.17. The third-order valence-electron chi connectivity index (χ3n) is 6.85. The number of nitrogens with one attached hydrogen (secondary N) is 1. The van der Waals surface area contributed by atoms with Gasteiger partial charge in [-0.2, -0.15) is 0 Å². The van der Waals surface area contributed by atoms with Crippen molar-refractivity contribution in [1.82, 2.24) is 19.3 Å². The molecule has 2 heterocycles. The van der Waals surface area contributed by atoms with Gasteiger partial charge in [0.05, 0.1) is 17.6 Å². The summed E-state index contributed by atoms with van der Waals surface area (Å²) in [5.74, 6) is 1.28. The van der Waals surface area contributed by atoms with Crippen molar-refractivity contribution in [2.45, 2.75) is 46.7 Å². The third-order valence-corrected chi connectivity index (χ3v) is 6.85. The number of nitrogens with zero attached hydrogens (tertiary/aromatic N) is 4. The van der Waals surface area contributed by atoms with Crippen LogP contribution in [0.2, 0.25) is 0 Å². The lowest BCUT2D eigenvalue weighted by Crippen LogP contribution is -2.26. The van der Waals surface area contributed by atoms with Crippen molar-refractivity contribution in [3.8, 4) is 22.5 Å². The van der Waals surface area contributed by atoms with Crippen molar-refractivity contribution in [1.29, 1.82) is 0 Å². The molecule has 1 N–H and O–H groups in total. The molecule has 35 heavy (non-hydrogen) atoms. The molecule has 1 amide bonds. The molecule has 0 radical (unpaired) electrons. The Balaban J connectivity index is 1.48. The van der Waals surface area contributed by atoms with Gasteiger partial charge in [0, 0.05) is 36.5 Å². The fourth-order valence-electron chi connectivity index (χ4n) is 4.59. The average molecular weight is 468 g/mol. The zero-order valence-electron chi connectivity index (χ0n) is 20.9. The number of carbonyl (C=O) groups excluding carboxylic acids is 1. The normalized spacial score (nSPS) is 16.4. The van der Waals surface area contributed by atoms with Crippen molar-refractivity contribution in [2.24, 2.45) is 11.3 Å². The van der Waals surface area contributed by atoms with Gasteiger partial charge in [0.2, 0.25) is 6.41 Å². The van der Waals surface area contributed by atoms with Crippen molar-refractivity contribution in [3.63, 3.8) is 0 Å². The van der Waals surface area contributed by atoms with Gasteiger partial charge in [0.15, 0.2) is 11.5 Å². The van der Waals surface area contributed by atoms with E-state index in [0.29, 0.717) is 18.5 Å². The zero-order valence-corrected chi connectivity index (χ0v) is 20.9. The van der Waals surface area contributed by atoms with Crippen molar-refractivity contribution >= 4 is 17.9 Å². The predicted molar refractivity (Wildman–Crippen MR) is 141 cm³/mol. The van der Waals surface area contributed by atoms with Gasteiger partial charge in [-0.05, 0) is 23.3 Å².